The normalized spacial score (nSPS) is 10.8. The van der Waals surface area contributed by atoms with Crippen LogP contribution in [0.2, 0.25) is 4.34 Å². The van der Waals surface area contributed by atoms with E-state index in [0.717, 1.165) is 21.2 Å². The summed E-state index contributed by atoms with van der Waals surface area (Å²) in [6, 6.07) is 9.88. The van der Waals surface area contributed by atoms with E-state index < -0.39 is 11.6 Å². The van der Waals surface area contributed by atoms with Gasteiger partial charge in [0.15, 0.2) is 0 Å². The topological polar surface area (TPSA) is 56.5 Å². The molecule has 0 aliphatic carbocycles. The fourth-order valence-corrected chi connectivity index (χ4v) is 3.24. The molecule has 2 heterocycles. The highest BCUT2D eigenvalue weighted by atomic mass is 79.9. The van der Waals surface area contributed by atoms with Gasteiger partial charge in [0.2, 0.25) is 0 Å². The van der Waals surface area contributed by atoms with Crippen molar-refractivity contribution in [2.24, 2.45) is 0 Å². The minimum absolute atomic E-state index is 0.0158. The molecule has 0 atom stereocenters. The van der Waals surface area contributed by atoms with Crippen LogP contribution in [0.25, 0.3) is 11.0 Å². The zero-order chi connectivity index (χ0) is 15.7. The first-order chi connectivity index (χ1) is 10.5. The second-order valence-corrected chi connectivity index (χ2v) is 7.04. The largest absolute Gasteiger partial charge is 0.457 e. The zero-order valence-corrected chi connectivity index (χ0v) is 14.1. The molecule has 0 aliphatic rings. The summed E-state index contributed by atoms with van der Waals surface area (Å²) in [6.07, 6.45) is 0. The van der Waals surface area contributed by atoms with Crippen molar-refractivity contribution in [3.05, 3.63) is 66.1 Å². The van der Waals surface area contributed by atoms with Crippen molar-refractivity contribution < 1.29 is 13.9 Å². The monoisotopic (exact) mass is 398 g/mol. The van der Waals surface area contributed by atoms with E-state index in [4.69, 9.17) is 20.8 Å². The molecule has 0 bridgehead atoms. The minimum Gasteiger partial charge on any atom is -0.457 e. The summed E-state index contributed by atoms with van der Waals surface area (Å²) in [5, 5.41) is 0.722. The predicted molar refractivity (Wildman–Crippen MR) is 88.6 cm³/mol. The molecule has 0 saturated carbocycles. The Labute approximate surface area is 142 Å². The van der Waals surface area contributed by atoms with Gasteiger partial charge >= 0.3 is 11.6 Å². The molecule has 0 N–H and O–H groups in total. The summed E-state index contributed by atoms with van der Waals surface area (Å²) in [5.74, 6) is -0.476. The van der Waals surface area contributed by atoms with Gasteiger partial charge in [-0.25, -0.2) is 9.59 Å². The van der Waals surface area contributed by atoms with E-state index in [-0.39, 0.29) is 6.61 Å². The van der Waals surface area contributed by atoms with Gasteiger partial charge in [0.25, 0.3) is 0 Å². The van der Waals surface area contributed by atoms with Gasteiger partial charge in [0.05, 0.1) is 4.34 Å². The van der Waals surface area contributed by atoms with Crippen LogP contribution in [0.3, 0.4) is 0 Å². The molecule has 1 aromatic carbocycles. The number of esters is 1. The summed E-state index contributed by atoms with van der Waals surface area (Å²) in [5.41, 5.74) is 0.540. The lowest BCUT2D eigenvalue weighted by atomic mass is 10.1. The standard InChI is InChI=1S/C15H8BrClO4S/c16-9-1-2-10-8(5-14(18)21-11(10)6-9)7-20-15(19)12-3-4-13(17)22-12/h1-6H,7H2. The van der Waals surface area contributed by atoms with Gasteiger partial charge in [0, 0.05) is 21.5 Å². The molecule has 112 valence electrons. The minimum atomic E-state index is -0.490. The van der Waals surface area contributed by atoms with Crippen LogP contribution in [0.5, 0.6) is 0 Å². The Morgan fingerprint density at radius 2 is 2.09 bits per heavy atom. The van der Waals surface area contributed by atoms with Crippen molar-refractivity contribution in [3.8, 4) is 0 Å². The molecule has 22 heavy (non-hydrogen) atoms. The van der Waals surface area contributed by atoms with Gasteiger partial charge in [-0.1, -0.05) is 27.5 Å². The van der Waals surface area contributed by atoms with Crippen molar-refractivity contribution in [3.63, 3.8) is 0 Å². The number of hydrogen-bond acceptors (Lipinski definition) is 5. The number of fused-ring (bicyclic) bond motifs is 1. The molecule has 0 amide bonds. The van der Waals surface area contributed by atoms with E-state index >= 15 is 0 Å². The molecular weight excluding hydrogens is 392 g/mol. The Kier molecular flexibility index (Phi) is 4.33. The van der Waals surface area contributed by atoms with Gasteiger partial charge < -0.3 is 9.15 Å². The zero-order valence-electron chi connectivity index (χ0n) is 11.0. The van der Waals surface area contributed by atoms with Gasteiger partial charge in [-0.05, 0) is 30.3 Å². The van der Waals surface area contributed by atoms with E-state index in [1.54, 1.807) is 24.3 Å². The van der Waals surface area contributed by atoms with E-state index in [2.05, 4.69) is 15.9 Å². The van der Waals surface area contributed by atoms with Gasteiger partial charge in [-0.15, -0.1) is 11.3 Å². The second kappa shape index (κ2) is 6.24. The SMILES string of the molecule is O=C(OCc1cc(=O)oc2cc(Br)ccc12)c1ccc(Cl)s1. The number of benzene rings is 1. The van der Waals surface area contributed by atoms with Crippen molar-refractivity contribution in [2.75, 3.05) is 0 Å². The number of ether oxygens (including phenoxy) is 1. The van der Waals surface area contributed by atoms with E-state index in [1.165, 1.54) is 6.07 Å². The summed E-state index contributed by atoms with van der Waals surface area (Å²) in [7, 11) is 0. The smallest absolute Gasteiger partial charge is 0.348 e. The highest BCUT2D eigenvalue weighted by Gasteiger charge is 2.12. The Balaban J connectivity index is 1.87. The molecule has 3 aromatic rings. The van der Waals surface area contributed by atoms with Crippen LogP contribution in [-0.4, -0.2) is 5.97 Å². The van der Waals surface area contributed by atoms with Crippen LogP contribution in [0, 0.1) is 0 Å². The maximum atomic E-state index is 11.9. The Morgan fingerprint density at radius 3 is 2.82 bits per heavy atom. The summed E-state index contributed by atoms with van der Waals surface area (Å²) in [4.78, 5) is 23.9. The molecule has 4 nitrogen and oxygen atoms in total. The molecule has 0 fully saturated rings. The fourth-order valence-electron chi connectivity index (χ4n) is 1.96. The lowest BCUT2D eigenvalue weighted by Gasteiger charge is -2.06. The third-order valence-electron chi connectivity index (χ3n) is 2.93. The Hall–Kier alpha value is -1.63. The number of rotatable bonds is 3. The van der Waals surface area contributed by atoms with E-state index in [1.807, 2.05) is 6.07 Å². The summed E-state index contributed by atoms with van der Waals surface area (Å²) in [6.45, 7) is -0.0158. The highest BCUT2D eigenvalue weighted by Crippen LogP contribution is 2.24. The van der Waals surface area contributed by atoms with Gasteiger partial charge in [-0.3, -0.25) is 0 Å². The van der Waals surface area contributed by atoms with Crippen molar-refractivity contribution in [1.29, 1.82) is 0 Å². The first-order valence-corrected chi connectivity index (χ1v) is 8.16. The number of carbonyl (C=O) groups excluding carboxylic acids is 1. The van der Waals surface area contributed by atoms with Crippen LogP contribution >= 0.6 is 38.9 Å². The maximum absolute atomic E-state index is 11.9. The average Bonchev–Trinajstić information content (AvgIpc) is 2.90. The van der Waals surface area contributed by atoms with Crippen LogP contribution in [0.1, 0.15) is 15.2 Å². The van der Waals surface area contributed by atoms with E-state index in [9.17, 15) is 9.59 Å². The average molecular weight is 400 g/mol. The lowest BCUT2D eigenvalue weighted by molar-refractivity contribution is 0.0479. The predicted octanol–water partition coefficient (Wildman–Crippen LogP) is 4.63. The number of halogens is 2. The second-order valence-electron chi connectivity index (χ2n) is 4.41. The molecular formula is C15H8BrClO4S. The molecule has 0 aliphatic heterocycles. The lowest BCUT2D eigenvalue weighted by Crippen LogP contribution is -2.06. The fraction of sp³-hybridized carbons (Fsp3) is 0.0667. The molecule has 0 unspecified atom stereocenters. The van der Waals surface area contributed by atoms with Crippen LogP contribution < -0.4 is 5.63 Å². The van der Waals surface area contributed by atoms with Crippen molar-refractivity contribution >= 4 is 55.8 Å². The molecule has 3 rings (SSSR count). The van der Waals surface area contributed by atoms with Gasteiger partial charge in [-0.2, -0.15) is 0 Å². The highest BCUT2D eigenvalue weighted by molar-refractivity contribution is 9.10. The Bertz CT molecular complexity index is 915. The first kappa shape index (κ1) is 15.3. The number of carbonyl (C=O) groups is 1. The molecule has 0 spiro atoms. The van der Waals surface area contributed by atoms with E-state index in [0.29, 0.717) is 20.4 Å². The third kappa shape index (κ3) is 3.24. The Morgan fingerprint density at radius 1 is 1.27 bits per heavy atom. The number of hydrogen-bond donors (Lipinski definition) is 0. The molecule has 0 saturated heterocycles. The van der Waals surface area contributed by atoms with Crippen LogP contribution in [-0.2, 0) is 11.3 Å². The van der Waals surface area contributed by atoms with Crippen LogP contribution in [0.15, 0.2) is 50.1 Å². The van der Waals surface area contributed by atoms with Crippen molar-refractivity contribution in [1.82, 2.24) is 0 Å². The first-order valence-electron chi connectivity index (χ1n) is 6.18. The number of thiophene rings is 1. The van der Waals surface area contributed by atoms with Crippen molar-refractivity contribution in [2.45, 2.75) is 6.61 Å². The molecule has 7 heteroatoms. The third-order valence-corrected chi connectivity index (χ3v) is 4.63. The molecule has 0 radical (unpaired) electrons. The summed E-state index contributed by atoms with van der Waals surface area (Å²) >= 11 is 10.3. The molecule has 2 aromatic heterocycles. The summed E-state index contributed by atoms with van der Waals surface area (Å²) < 4.78 is 11.7. The van der Waals surface area contributed by atoms with Gasteiger partial charge in [0.1, 0.15) is 17.1 Å². The maximum Gasteiger partial charge on any atom is 0.348 e. The van der Waals surface area contributed by atoms with Crippen LogP contribution in [0.4, 0.5) is 0 Å². The quantitative estimate of drug-likeness (QED) is 0.476.